The Kier molecular flexibility index (Phi) is 4.52. The van der Waals surface area contributed by atoms with Crippen LogP contribution in [0.3, 0.4) is 0 Å². The lowest BCUT2D eigenvalue weighted by atomic mass is 10.3. The highest BCUT2D eigenvalue weighted by atomic mass is 35.5. The van der Waals surface area contributed by atoms with Gasteiger partial charge >= 0.3 is 6.03 Å². The van der Waals surface area contributed by atoms with Crippen LogP contribution in [0.25, 0.3) is 10.2 Å². The molecular formula is C15H12ClN3OS2. The Labute approximate surface area is 140 Å². The fourth-order valence-electron chi connectivity index (χ4n) is 1.97. The fraction of sp³-hybridized carbons (Fsp3) is 0.0667. The average molecular weight is 350 g/mol. The van der Waals surface area contributed by atoms with Gasteiger partial charge in [0.05, 0.1) is 10.2 Å². The van der Waals surface area contributed by atoms with Crippen molar-refractivity contribution in [3.8, 4) is 0 Å². The van der Waals surface area contributed by atoms with Gasteiger partial charge in [0.15, 0.2) is 5.13 Å². The molecule has 0 atom stereocenters. The lowest BCUT2D eigenvalue weighted by Gasteiger charge is -2.05. The zero-order valence-corrected chi connectivity index (χ0v) is 14.0. The zero-order valence-electron chi connectivity index (χ0n) is 11.6. The molecule has 0 fully saturated rings. The largest absolute Gasteiger partial charge is 0.325 e. The van der Waals surface area contributed by atoms with E-state index < -0.39 is 0 Å². The topological polar surface area (TPSA) is 54.0 Å². The predicted octanol–water partition coefficient (Wildman–Crippen LogP) is 5.32. The number of hydrogen-bond acceptors (Lipinski definition) is 4. The van der Waals surface area contributed by atoms with Crippen LogP contribution in [0.2, 0.25) is 5.02 Å². The van der Waals surface area contributed by atoms with Crippen molar-refractivity contribution in [2.24, 2.45) is 0 Å². The number of fused-ring (bicyclic) bond motifs is 1. The van der Waals surface area contributed by atoms with Crippen molar-refractivity contribution in [3.63, 3.8) is 0 Å². The van der Waals surface area contributed by atoms with Gasteiger partial charge in [-0.3, -0.25) is 5.32 Å². The third-order valence-electron chi connectivity index (χ3n) is 2.90. The van der Waals surface area contributed by atoms with Crippen molar-refractivity contribution >= 4 is 61.8 Å². The number of rotatable bonds is 3. The van der Waals surface area contributed by atoms with E-state index in [0.29, 0.717) is 15.8 Å². The minimum Gasteiger partial charge on any atom is -0.308 e. The number of para-hydroxylation sites is 1. The SMILES string of the molecule is CSc1cccc2sc(NC(=O)Nc3cccc(Cl)c3)nc12. The first-order valence-corrected chi connectivity index (χ1v) is 8.85. The van der Waals surface area contributed by atoms with Gasteiger partial charge in [-0.1, -0.05) is 35.1 Å². The van der Waals surface area contributed by atoms with E-state index in [1.165, 1.54) is 11.3 Å². The molecular weight excluding hydrogens is 338 g/mol. The summed E-state index contributed by atoms with van der Waals surface area (Å²) in [4.78, 5) is 17.6. The quantitative estimate of drug-likeness (QED) is 0.629. The number of nitrogens with zero attached hydrogens (tertiary/aromatic N) is 1. The number of thioether (sulfide) groups is 1. The summed E-state index contributed by atoms with van der Waals surface area (Å²) in [5, 5.41) is 6.62. The second-order valence-electron chi connectivity index (χ2n) is 4.42. The average Bonchev–Trinajstić information content (AvgIpc) is 2.89. The molecule has 2 N–H and O–H groups in total. The number of anilines is 2. The van der Waals surface area contributed by atoms with Crippen LogP contribution in [0.5, 0.6) is 0 Å². The molecule has 1 heterocycles. The molecule has 3 rings (SSSR count). The summed E-state index contributed by atoms with van der Waals surface area (Å²) in [6, 6.07) is 12.6. The Hall–Kier alpha value is -1.76. The lowest BCUT2D eigenvalue weighted by Crippen LogP contribution is -2.19. The van der Waals surface area contributed by atoms with Gasteiger partial charge in [0.25, 0.3) is 0 Å². The highest BCUT2D eigenvalue weighted by Gasteiger charge is 2.10. The summed E-state index contributed by atoms with van der Waals surface area (Å²) in [7, 11) is 0. The summed E-state index contributed by atoms with van der Waals surface area (Å²) in [6.45, 7) is 0. The summed E-state index contributed by atoms with van der Waals surface area (Å²) in [5.74, 6) is 0. The van der Waals surface area contributed by atoms with E-state index in [2.05, 4.69) is 15.6 Å². The van der Waals surface area contributed by atoms with Crippen LogP contribution in [0.15, 0.2) is 47.4 Å². The van der Waals surface area contributed by atoms with Crippen LogP contribution >= 0.6 is 34.7 Å². The maximum atomic E-state index is 12.0. The normalized spacial score (nSPS) is 10.6. The van der Waals surface area contributed by atoms with Crippen LogP contribution in [0.1, 0.15) is 0 Å². The van der Waals surface area contributed by atoms with E-state index in [1.807, 2.05) is 24.5 Å². The van der Waals surface area contributed by atoms with Gasteiger partial charge in [0.2, 0.25) is 0 Å². The Morgan fingerprint density at radius 3 is 2.82 bits per heavy atom. The molecule has 0 unspecified atom stereocenters. The molecule has 0 saturated carbocycles. The maximum Gasteiger partial charge on any atom is 0.325 e. The number of halogens is 1. The summed E-state index contributed by atoms with van der Waals surface area (Å²) < 4.78 is 1.05. The third kappa shape index (κ3) is 3.35. The molecule has 0 bridgehead atoms. The standard InChI is InChI=1S/C15H12ClN3OS2/c1-21-11-6-3-7-12-13(11)18-15(22-12)19-14(20)17-10-5-2-4-9(16)8-10/h2-8H,1H3,(H2,17,18,19,20). The van der Waals surface area contributed by atoms with E-state index in [0.717, 1.165) is 15.1 Å². The van der Waals surface area contributed by atoms with Crippen molar-refractivity contribution < 1.29 is 4.79 Å². The first-order valence-electron chi connectivity index (χ1n) is 6.43. The lowest BCUT2D eigenvalue weighted by molar-refractivity contribution is 0.262. The molecule has 1 aromatic heterocycles. The van der Waals surface area contributed by atoms with Gasteiger partial charge in [-0.15, -0.1) is 11.8 Å². The second kappa shape index (κ2) is 6.56. The number of aromatic nitrogens is 1. The van der Waals surface area contributed by atoms with Crippen LogP contribution in [-0.4, -0.2) is 17.3 Å². The van der Waals surface area contributed by atoms with Gasteiger partial charge < -0.3 is 5.32 Å². The molecule has 2 amide bonds. The minimum atomic E-state index is -0.341. The molecule has 0 saturated heterocycles. The van der Waals surface area contributed by atoms with E-state index in [9.17, 15) is 4.79 Å². The number of nitrogens with one attached hydrogen (secondary N) is 2. The Bertz CT molecular complexity index is 835. The number of benzene rings is 2. The van der Waals surface area contributed by atoms with Crippen LogP contribution in [0, 0.1) is 0 Å². The Morgan fingerprint density at radius 2 is 2.05 bits per heavy atom. The van der Waals surface area contributed by atoms with E-state index >= 15 is 0 Å². The van der Waals surface area contributed by atoms with Crippen LogP contribution < -0.4 is 10.6 Å². The highest BCUT2D eigenvalue weighted by molar-refractivity contribution is 7.98. The Morgan fingerprint density at radius 1 is 1.23 bits per heavy atom. The van der Waals surface area contributed by atoms with Gasteiger partial charge in [0, 0.05) is 15.6 Å². The number of carbonyl (C=O) groups excluding carboxylic acids is 1. The molecule has 7 heteroatoms. The van der Waals surface area contributed by atoms with Gasteiger partial charge in [-0.2, -0.15) is 0 Å². The number of urea groups is 1. The number of hydrogen-bond donors (Lipinski definition) is 2. The smallest absolute Gasteiger partial charge is 0.308 e. The summed E-state index contributed by atoms with van der Waals surface area (Å²) in [6.07, 6.45) is 2.01. The molecule has 2 aromatic carbocycles. The highest BCUT2D eigenvalue weighted by Crippen LogP contribution is 2.32. The minimum absolute atomic E-state index is 0.341. The Balaban J connectivity index is 1.76. The maximum absolute atomic E-state index is 12.0. The summed E-state index contributed by atoms with van der Waals surface area (Å²) in [5.41, 5.74) is 1.55. The van der Waals surface area contributed by atoms with Gasteiger partial charge in [-0.25, -0.2) is 9.78 Å². The molecule has 0 aliphatic rings. The van der Waals surface area contributed by atoms with Crippen molar-refractivity contribution in [3.05, 3.63) is 47.5 Å². The number of carbonyl (C=O) groups is 1. The first-order chi connectivity index (χ1) is 10.7. The molecule has 3 aromatic rings. The molecule has 0 radical (unpaired) electrons. The van der Waals surface area contributed by atoms with Crippen LogP contribution in [0.4, 0.5) is 15.6 Å². The van der Waals surface area contributed by atoms with Crippen molar-refractivity contribution in [1.29, 1.82) is 0 Å². The monoisotopic (exact) mass is 349 g/mol. The molecule has 22 heavy (non-hydrogen) atoms. The first kappa shape index (κ1) is 15.1. The molecule has 112 valence electrons. The van der Waals surface area contributed by atoms with Crippen LogP contribution in [-0.2, 0) is 0 Å². The van der Waals surface area contributed by atoms with E-state index in [-0.39, 0.29) is 6.03 Å². The van der Waals surface area contributed by atoms with E-state index in [1.54, 1.807) is 36.0 Å². The third-order valence-corrected chi connectivity index (χ3v) is 4.85. The predicted molar refractivity (Wildman–Crippen MR) is 95.5 cm³/mol. The van der Waals surface area contributed by atoms with Crippen molar-refractivity contribution in [2.75, 3.05) is 16.9 Å². The van der Waals surface area contributed by atoms with Crippen molar-refractivity contribution in [2.45, 2.75) is 4.90 Å². The molecule has 0 aliphatic heterocycles. The van der Waals surface area contributed by atoms with Gasteiger partial charge in [0.1, 0.15) is 0 Å². The fourth-order valence-corrected chi connectivity index (χ4v) is 3.67. The molecule has 0 spiro atoms. The zero-order chi connectivity index (χ0) is 15.5. The second-order valence-corrected chi connectivity index (χ2v) is 6.73. The van der Waals surface area contributed by atoms with Gasteiger partial charge in [-0.05, 0) is 36.6 Å². The number of amides is 2. The summed E-state index contributed by atoms with van der Waals surface area (Å²) >= 11 is 8.97. The van der Waals surface area contributed by atoms with Crippen molar-refractivity contribution in [1.82, 2.24) is 4.98 Å². The molecule has 4 nitrogen and oxygen atoms in total. The number of thiazole rings is 1. The molecule has 0 aliphatic carbocycles. The van der Waals surface area contributed by atoms with E-state index in [4.69, 9.17) is 11.6 Å².